The highest BCUT2D eigenvalue weighted by Crippen LogP contribution is 2.46. The van der Waals surface area contributed by atoms with Crippen molar-refractivity contribution in [2.75, 3.05) is 0 Å². The fraction of sp³-hybridized carbons (Fsp3) is 0.448. The number of fused-ring (bicyclic) bond motifs is 3. The molecule has 0 nitrogen and oxygen atoms in total. The molecule has 0 bridgehead atoms. The molecule has 2 aromatic rings. The second-order valence-electron chi connectivity index (χ2n) is 11.2. The van der Waals surface area contributed by atoms with Gasteiger partial charge < -0.3 is 0 Å². The maximum absolute atomic E-state index is 2.52. The van der Waals surface area contributed by atoms with Crippen LogP contribution in [0.1, 0.15) is 80.5 Å². The van der Waals surface area contributed by atoms with Gasteiger partial charge in [-0.25, -0.2) is 0 Å². The van der Waals surface area contributed by atoms with E-state index >= 15 is 0 Å². The number of allylic oxidation sites excluding steroid dienone is 4. The van der Waals surface area contributed by atoms with E-state index in [0.29, 0.717) is 5.92 Å². The maximum atomic E-state index is 2.52. The lowest BCUT2D eigenvalue weighted by Gasteiger charge is -2.27. The third kappa shape index (κ3) is 3.52. The average molecular weight is 385 g/mol. The van der Waals surface area contributed by atoms with E-state index < -0.39 is 0 Å². The van der Waals surface area contributed by atoms with Crippen LogP contribution in [0.5, 0.6) is 0 Å². The van der Waals surface area contributed by atoms with Gasteiger partial charge in [-0.15, -0.1) is 0 Å². The van der Waals surface area contributed by atoms with Crippen LogP contribution in [-0.4, -0.2) is 0 Å². The Labute approximate surface area is 177 Å². The lowest BCUT2D eigenvalue weighted by molar-refractivity contribution is 0.583. The first-order chi connectivity index (χ1) is 13.5. The molecule has 0 unspecified atom stereocenters. The Morgan fingerprint density at radius 2 is 1.38 bits per heavy atom. The van der Waals surface area contributed by atoms with Crippen molar-refractivity contribution in [3.05, 3.63) is 81.4 Å². The number of rotatable bonds is 2. The molecule has 152 valence electrons. The summed E-state index contributed by atoms with van der Waals surface area (Å²) in [4.78, 5) is 0. The molecule has 0 N–H and O–H groups in total. The molecule has 0 heterocycles. The normalized spacial score (nSPS) is 15.9. The molecule has 0 amide bonds. The van der Waals surface area contributed by atoms with Crippen molar-refractivity contribution in [2.24, 2.45) is 5.92 Å². The first kappa shape index (κ1) is 20.2. The quantitative estimate of drug-likeness (QED) is 0.423. The lowest BCUT2D eigenvalue weighted by Crippen LogP contribution is -2.16. The van der Waals surface area contributed by atoms with Crippen LogP contribution >= 0.6 is 0 Å². The van der Waals surface area contributed by atoms with Gasteiger partial charge in [0.1, 0.15) is 0 Å². The van der Waals surface area contributed by atoms with Gasteiger partial charge in [-0.3, -0.25) is 0 Å². The van der Waals surface area contributed by atoms with Crippen molar-refractivity contribution in [3.8, 4) is 11.1 Å². The fourth-order valence-electron chi connectivity index (χ4n) is 5.40. The molecule has 0 radical (unpaired) electrons. The van der Waals surface area contributed by atoms with Crippen LogP contribution in [0.25, 0.3) is 11.1 Å². The lowest BCUT2D eigenvalue weighted by atomic mass is 9.78. The van der Waals surface area contributed by atoms with Crippen molar-refractivity contribution in [1.82, 2.24) is 0 Å². The molecule has 29 heavy (non-hydrogen) atoms. The van der Waals surface area contributed by atoms with E-state index in [1.807, 2.05) is 0 Å². The molecular formula is C29H36. The molecule has 0 fully saturated rings. The van der Waals surface area contributed by atoms with Crippen LogP contribution in [0.2, 0.25) is 0 Å². The van der Waals surface area contributed by atoms with Crippen molar-refractivity contribution in [1.29, 1.82) is 0 Å². The van der Waals surface area contributed by atoms with Crippen LogP contribution in [0.15, 0.2) is 42.5 Å². The molecule has 0 saturated carbocycles. The third-order valence-corrected chi connectivity index (χ3v) is 6.83. The molecule has 0 spiro atoms. The van der Waals surface area contributed by atoms with Crippen molar-refractivity contribution in [2.45, 2.75) is 79.1 Å². The summed E-state index contributed by atoms with van der Waals surface area (Å²) in [7, 11) is 0. The van der Waals surface area contributed by atoms with Gasteiger partial charge >= 0.3 is 0 Å². The maximum Gasteiger partial charge on any atom is -0.000662 e. The minimum Gasteiger partial charge on any atom is -0.0773 e. The summed E-state index contributed by atoms with van der Waals surface area (Å²) in [6.45, 7) is 18.7. The second-order valence-corrected chi connectivity index (χ2v) is 11.2. The molecule has 0 aromatic heterocycles. The van der Waals surface area contributed by atoms with E-state index in [2.05, 4.69) is 97.9 Å². The zero-order valence-corrected chi connectivity index (χ0v) is 19.5. The molecule has 0 saturated heterocycles. The van der Waals surface area contributed by atoms with E-state index in [0.717, 1.165) is 12.8 Å². The summed E-state index contributed by atoms with van der Waals surface area (Å²) >= 11 is 0. The number of hydrogen-bond donors (Lipinski definition) is 0. The molecule has 4 rings (SSSR count). The van der Waals surface area contributed by atoms with Crippen LogP contribution in [0.3, 0.4) is 0 Å². The summed E-state index contributed by atoms with van der Waals surface area (Å²) in [6.07, 6.45) is 11.3. The van der Waals surface area contributed by atoms with Crippen LogP contribution in [0.4, 0.5) is 0 Å². The molecule has 2 aromatic carbocycles. The first-order valence-corrected chi connectivity index (χ1v) is 11.1. The summed E-state index contributed by atoms with van der Waals surface area (Å²) in [5.41, 5.74) is 13.9. The van der Waals surface area contributed by atoms with Gasteiger partial charge in [-0.2, -0.15) is 0 Å². The Balaban J connectivity index is 1.94. The van der Waals surface area contributed by atoms with Gasteiger partial charge in [0, 0.05) is 0 Å². The van der Waals surface area contributed by atoms with Crippen LogP contribution < -0.4 is 0 Å². The highest BCUT2D eigenvalue weighted by Gasteiger charge is 2.30. The smallest absolute Gasteiger partial charge is 0.000662 e. The molecule has 2 aliphatic rings. The van der Waals surface area contributed by atoms with Crippen molar-refractivity contribution < 1.29 is 0 Å². The van der Waals surface area contributed by atoms with E-state index in [9.17, 15) is 0 Å². The number of aryl methyl sites for hydroxylation is 1. The van der Waals surface area contributed by atoms with Crippen molar-refractivity contribution >= 4 is 0 Å². The zero-order valence-electron chi connectivity index (χ0n) is 19.5. The zero-order chi connectivity index (χ0) is 21.1. The van der Waals surface area contributed by atoms with E-state index in [-0.39, 0.29) is 10.8 Å². The Bertz CT molecular complexity index is 1020. The van der Waals surface area contributed by atoms with Crippen molar-refractivity contribution in [3.63, 3.8) is 0 Å². The summed E-state index contributed by atoms with van der Waals surface area (Å²) in [5, 5.41) is 0. The van der Waals surface area contributed by atoms with E-state index in [1.165, 1.54) is 38.9 Å². The average Bonchev–Trinajstić information content (AvgIpc) is 3.21. The summed E-state index contributed by atoms with van der Waals surface area (Å²) in [6, 6.07) is 7.47. The van der Waals surface area contributed by atoms with Gasteiger partial charge in [0.15, 0.2) is 0 Å². The second kappa shape index (κ2) is 6.73. The topological polar surface area (TPSA) is 0 Å². The van der Waals surface area contributed by atoms with E-state index in [4.69, 9.17) is 0 Å². The standard InChI is InChI=1S/C29H36/c1-18-13-21-15-24-22(14-20-11-9-10-12-20)19(2)27(29(6,7)8)17-25(24)23(21)16-26(18)28(3,4)5/h9-13,16-17,20H,14-15H2,1-8H3. The van der Waals surface area contributed by atoms with Gasteiger partial charge in [-0.05, 0) is 93.5 Å². The molecular weight excluding hydrogens is 348 g/mol. The molecule has 0 aliphatic heterocycles. The van der Waals surface area contributed by atoms with Gasteiger partial charge in [0.05, 0.1) is 0 Å². The molecule has 2 aliphatic carbocycles. The summed E-state index contributed by atoms with van der Waals surface area (Å²) < 4.78 is 0. The van der Waals surface area contributed by atoms with E-state index in [1.54, 1.807) is 11.1 Å². The van der Waals surface area contributed by atoms with Crippen LogP contribution in [-0.2, 0) is 23.7 Å². The molecule has 0 heteroatoms. The first-order valence-electron chi connectivity index (χ1n) is 11.1. The third-order valence-electron chi connectivity index (χ3n) is 6.83. The minimum atomic E-state index is 0.148. The number of benzene rings is 2. The molecule has 0 atom stereocenters. The predicted molar refractivity (Wildman–Crippen MR) is 127 cm³/mol. The monoisotopic (exact) mass is 384 g/mol. The predicted octanol–water partition coefficient (Wildman–Crippen LogP) is 7.75. The Morgan fingerprint density at radius 3 is 1.97 bits per heavy atom. The Hall–Kier alpha value is -2.08. The highest BCUT2D eigenvalue weighted by molar-refractivity contribution is 5.81. The van der Waals surface area contributed by atoms with Gasteiger partial charge in [-0.1, -0.05) is 84.0 Å². The minimum absolute atomic E-state index is 0.148. The van der Waals surface area contributed by atoms with Crippen LogP contribution in [0, 0.1) is 19.8 Å². The number of hydrogen-bond acceptors (Lipinski definition) is 0. The SMILES string of the molecule is Cc1cc2c(cc1C(C)(C)C)-c1cc(C(C)(C)C)c(C)c(CC3C=CC=C3)c1C2. The van der Waals surface area contributed by atoms with Gasteiger partial charge in [0.2, 0.25) is 0 Å². The van der Waals surface area contributed by atoms with Gasteiger partial charge in [0.25, 0.3) is 0 Å². The summed E-state index contributed by atoms with van der Waals surface area (Å²) in [5.74, 6) is 0.531. The fourth-order valence-corrected chi connectivity index (χ4v) is 5.40. The Morgan fingerprint density at radius 1 is 0.793 bits per heavy atom. The largest absolute Gasteiger partial charge is 0.0773 e. The Kier molecular flexibility index (Phi) is 4.69. The highest BCUT2D eigenvalue weighted by atomic mass is 14.3.